The van der Waals surface area contributed by atoms with E-state index in [1.54, 1.807) is 11.8 Å². The van der Waals surface area contributed by atoms with Crippen molar-refractivity contribution in [1.29, 1.82) is 0 Å². The van der Waals surface area contributed by atoms with Gasteiger partial charge in [-0.05, 0) is 13.3 Å². The number of carbonyl (C=O) groups excluding carboxylic acids is 1. The zero-order chi connectivity index (χ0) is 15.6. The second-order valence-electron chi connectivity index (χ2n) is 4.97. The fraction of sp³-hybridized carbons (Fsp3) is 0.667. The van der Waals surface area contributed by atoms with Gasteiger partial charge in [-0.15, -0.1) is 0 Å². The monoisotopic (exact) mass is 332 g/mol. The Morgan fingerprint density at radius 1 is 1.33 bits per heavy atom. The lowest BCUT2D eigenvalue weighted by molar-refractivity contribution is 0.0702. The van der Waals surface area contributed by atoms with E-state index in [1.807, 2.05) is 6.92 Å². The minimum Gasteiger partial charge on any atom is -0.375 e. The molecule has 0 radical (unpaired) electrons. The zero-order valence-corrected chi connectivity index (χ0v) is 13.8. The summed E-state index contributed by atoms with van der Waals surface area (Å²) in [6.45, 7) is 5.09. The molecule has 2 heterocycles. The van der Waals surface area contributed by atoms with Crippen LogP contribution in [0.15, 0.2) is 0 Å². The normalized spacial score (nSPS) is 17.1. The highest BCUT2D eigenvalue weighted by atomic mass is 32.2. The lowest BCUT2D eigenvalue weighted by Gasteiger charge is -2.33. The van der Waals surface area contributed by atoms with E-state index in [9.17, 15) is 13.2 Å². The largest absolute Gasteiger partial charge is 0.375 e. The van der Waals surface area contributed by atoms with Crippen LogP contribution in [0.1, 0.15) is 28.7 Å². The van der Waals surface area contributed by atoms with Crippen LogP contribution >= 0.6 is 11.3 Å². The SMILES string of the molecule is CCCS(=O)(=O)N1CCN(C(=O)c2sc(N)nc2C)CC1. The fourth-order valence-electron chi connectivity index (χ4n) is 2.32. The molecule has 118 valence electrons. The first-order valence-corrected chi connectivity index (χ1v) is 9.27. The Labute approximate surface area is 128 Å². The van der Waals surface area contributed by atoms with Gasteiger partial charge in [0.05, 0.1) is 11.4 Å². The van der Waals surface area contributed by atoms with Gasteiger partial charge in [0.25, 0.3) is 5.91 Å². The van der Waals surface area contributed by atoms with Crippen molar-refractivity contribution in [3.8, 4) is 0 Å². The van der Waals surface area contributed by atoms with E-state index < -0.39 is 10.0 Å². The minimum absolute atomic E-state index is 0.116. The van der Waals surface area contributed by atoms with Gasteiger partial charge in [0.2, 0.25) is 10.0 Å². The molecule has 0 aliphatic carbocycles. The zero-order valence-electron chi connectivity index (χ0n) is 12.2. The predicted molar refractivity (Wildman–Crippen MR) is 82.8 cm³/mol. The quantitative estimate of drug-likeness (QED) is 0.867. The lowest BCUT2D eigenvalue weighted by Crippen LogP contribution is -2.51. The van der Waals surface area contributed by atoms with Crippen molar-refractivity contribution in [3.05, 3.63) is 10.6 Å². The summed E-state index contributed by atoms with van der Waals surface area (Å²) in [5.74, 6) is 0.0417. The van der Waals surface area contributed by atoms with Gasteiger partial charge in [0, 0.05) is 26.2 Å². The predicted octanol–water partition coefficient (Wildman–Crippen LogP) is 0.531. The molecule has 1 aliphatic rings. The molecular formula is C12H20N4O3S2. The molecular weight excluding hydrogens is 312 g/mol. The number of hydrogen-bond donors (Lipinski definition) is 1. The number of carbonyl (C=O) groups is 1. The Bertz CT molecular complexity index is 618. The van der Waals surface area contributed by atoms with Crippen LogP contribution < -0.4 is 5.73 Å². The van der Waals surface area contributed by atoms with Crippen LogP contribution in [0, 0.1) is 6.92 Å². The molecule has 0 atom stereocenters. The molecule has 0 unspecified atom stereocenters. The van der Waals surface area contributed by atoms with Crippen molar-refractivity contribution in [3.63, 3.8) is 0 Å². The molecule has 1 aliphatic heterocycles. The van der Waals surface area contributed by atoms with Crippen LogP contribution in [0.2, 0.25) is 0 Å². The average molecular weight is 332 g/mol. The molecule has 0 saturated carbocycles. The van der Waals surface area contributed by atoms with Crippen molar-refractivity contribution in [2.24, 2.45) is 0 Å². The summed E-state index contributed by atoms with van der Waals surface area (Å²) in [4.78, 5) is 18.6. The maximum atomic E-state index is 12.4. The van der Waals surface area contributed by atoms with Gasteiger partial charge in [0.15, 0.2) is 5.13 Å². The van der Waals surface area contributed by atoms with E-state index in [-0.39, 0.29) is 11.7 Å². The first kappa shape index (κ1) is 16.2. The molecule has 1 saturated heterocycles. The molecule has 0 spiro atoms. The molecule has 9 heteroatoms. The molecule has 1 aromatic rings. The summed E-state index contributed by atoms with van der Waals surface area (Å²) in [5, 5.41) is 0.375. The van der Waals surface area contributed by atoms with Crippen molar-refractivity contribution in [2.45, 2.75) is 20.3 Å². The summed E-state index contributed by atoms with van der Waals surface area (Å²) in [5.41, 5.74) is 6.24. The van der Waals surface area contributed by atoms with E-state index in [0.29, 0.717) is 48.3 Å². The third kappa shape index (κ3) is 3.53. The number of amides is 1. The van der Waals surface area contributed by atoms with E-state index in [1.165, 1.54) is 15.6 Å². The van der Waals surface area contributed by atoms with Crippen LogP contribution in [-0.2, 0) is 10.0 Å². The number of aryl methyl sites for hydroxylation is 1. The number of sulfonamides is 1. The second kappa shape index (κ2) is 6.29. The number of rotatable bonds is 4. The van der Waals surface area contributed by atoms with Crippen molar-refractivity contribution in [1.82, 2.24) is 14.2 Å². The van der Waals surface area contributed by atoms with Gasteiger partial charge in [-0.2, -0.15) is 4.31 Å². The van der Waals surface area contributed by atoms with Gasteiger partial charge < -0.3 is 10.6 Å². The molecule has 1 fully saturated rings. The number of nitrogen functional groups attached to an aromatic ring is 1. The van der Waals surface area contributed by atoms with Crippen LogP contribution in [0.3, 0.4) is 0 Å². The van der Waals surface area contributed by atoms with E-state index in [0.717, 1.165) is 0 Å². The molecule has 21 heavy (non-hydrogen) atoms. The Morgan fingerprint density at radius 3 is 2.43 bits per heavy atom. The van der Waals surface area contributed by atoms with Crippen LogP contribution in [0.4, 0.5) is 5.13 Å². The third-order valence-electron chi connectivity index (χ3n) is 3.39. The minimum atomic E-state index is -3.19. The van der Waals surface area contributed by atoms with E-state index >= 15 is 0 Å². The van der Waals surface area contributed by atoms with Crippen molar-refractivity contribution >= 4 is 32.4 Å². The lowest BCUT2D eigenvalue weighted by atomic mass is 10.3. The van der Waals surface area contributed by atoms with Crippen LogP contribution in [0.25, 0.3) is 0 Å². The van der Waals surface area contributed by atoms with E-state index in [4.69, 9.17) is 5.73 Å². The van der Waals surface area contributed by atoms with Gasteiger partial charge in [-0.3, -0.25) is 4.79 Å². The Hall–Kier alpha value is -1.19. The highest BCUT2D eigenvalue weighted by molar-refractivity contribution is 7.89. The first-order valence-electron chi connectivity index (χ1n) is 6.85. The maximum Gasteiger partial charge on any atom is 0.266 e. The number of aromatic nitrogens is 1. The summed E-state index contributed by atoms with van der Waals surface area (Å²) in [6, 6.07) is 0. The summed E-state index contributed by atoms with van der Waals surface area (Å²) in [6.07, 6.45) is 0.598. The standard InChI is InChI=1S/C12H20N4O3S2/c1-3-8-21(18,19)16-6-4-15(5-7-16)11(17)10-9(2)14-12(13)20-10/h3-8H2,1-2H3,(H2,13,14). The summed E-state index contributed by atoms with van der Waals surface area (Å²) in [7, 11) is -3.19. The Balaban J connectivity index is 2.01. The molecule has 1 aromatic heterocycles. The highest BCUT2D eigenvalue weighted by Gasteiger charge is 2.29. The Kier molecular flexibility index (Phi) is 4.84. The van der Waals surface area contributed by atoms with Crippen molar-refractivity contribution < 1.29 is 13.2 Å². The third-order valence-corrected chi connectivity index (χ3v) is 6.44. The number of thiazole rings is 1. The van der Waals surface area contributed by atoms with Crippen LogP contribution in [0.5, 0.6) is 0 Å². The van der Waals surface area contributed by atoms with Gasteiger partial charge in [-0.25, -0.2) is 13.4 Å². The highest BCUT2D eigenvalue weighted by Crippen LogP contribution is 2.22. The molecule has 0 bridgehead atoms. The smallest absolute Gasteiger partial charge is 0.266 e. The maximum absolute atomic E-state index is 12.4. The molecule has 1 amide bonds. The van der Waals surface area contributed by atoms with Gasteiger partial charge in [0.1, 0.15) is 4.88 Å². The molecule has 0 aromatic carbocycles. The molecule has 2 rings (SSSR count). The first-order chi connectivity index (χ1) is 9.85. The number of anilines is 1. The summed E-state index contributed by atoms with van der Waals surface area (Å²) < 4.78 is 25.4. The number of nitrogens with zero attached hydrogens (tertiary/aromatic N) is 3. The second-order valence-corrected chi connectivity index (χ2v) is 8.09. The van der Waals surface area contributed by atoms with E-state index in [2.05, 4.69) is 4.98 Å². The summed E-state index contributed by atoms with van der Waals surface area (Å²) >= 11 is 1.17. The number of hydrogen-bond acceptors (Lipinski definition) is 6. The molecule has 2 N–H and O–H groups in total. The fourth-order valence-corrected chi connectivity index (χ4v) is 4.61. The van der Waals surface area contributed by atoms with Crippen molar-refractivity contribution in [2.75, 3.05) is 37.7 Å². The Morgan fingerprint density at radius 2 is 1.95 bits per heavy atom. The van der Waals surface area contributed by atoms with Gasteiger partial charge >= 0.3 is 0 Å². The number of nitrogens with two attached hydrogens (primary N) is 1. The van der Waals surface area contributed by atoms with Gasteiger partial charge in [-0.1, -0.05) is 18.3 Å². The topological polar surface area (TPSA) is 96.6 Å². The molecule has 7 nitrogen and oxygen atoms in total. The van der Waals surface area contributed by atoms with Crippen LogP contribution in [-0.4, -0.2) is 60.4 Å². The number of piperazine rings is 1. The average Bonchev–Trinajstić information content (AvgIpc) is 2.77.